The van der Waals surface area contributed by atoms with E-state index < -0.39 is 0 Å². The number of anilines is 1. The highest BCUT2D eigenvalue weighted by atomic mass is 35.5. The van der Waals surface area contributed by atoms with E-state index >= 15 is 0 Å². The fourth-order valence-corrected chi connectivity index (χ4v) is 4.66. The maximum Gasteiger partial charge on any atom is 0.244 e. The maximum atomic E-state index is 6.69. The smallest absolute Gasteiger partial charge is 0.244 e. The number of hydrogen-bond donors (Lipinski definition) is 2. The van der Waals surface area contributed by atoms with Crippen LogP contribution in [0.25, 0.3) is 0 Å². The van der Waals surface area contributed by atoms with Crippen molar-refractivity contribution >= 4 is 28.9 Å². The van der Waals surface area contributed by atoms with Gasteiger partial charge in [0, 0.05) is 22.6 Å². The van der Waals surface area contributed by atoms with Crippen molar-refractivity contribution in [2.45, 2.75) is 38.5 Å². The number of ether oxygens (including phenoxy) is 1. The molecule has 0 bridgehead atoms. The van der Waals surface area contributed by atoms with E-state index in [-0.39, 0.29) is 5.92 Å². The molecule has 27 heavy (non-hydrogen) atoms. The molecule has 1 unspecified atom stereocenters. The molecule has 1 aromatic carbocycles. The van der Waals surface area contributed by atoms with Gasteiger partial charge in [0.25, 0.3) is 0 Å². The van der Waals surface area contributed by atoms with Crippen molar-refractivity contribution in [3.05, 3.63) is 61.9 Å². The van der Waals surface area contributed by atoms with Gasteiger partial charge in [0.05, 0.1) is 21.5 Å². The quantitative estimate of drug-likeness (QED) is 0.462. The molecule has 3 aromatic rings. The van der Waals surface area contributed by atoms with Crippen LogP contribution in [0.4, 0.5) is 5.69 Å². The number of rotatable bonds is 1. The molecule has 0 saturated heterocycles. The summed E-state index contributed by atoms with van der Waals surface area (Å²) in [6, 6.07) is 5.66. The lowest BCUT2D eigenvalue weighted by molar-refractivity contribution is 0.414. The maximum absolute atomic E-state index is 6.69. The number of fused-ring (bicyclic) bond motifs is 3. The zero-order chi connectivity index (χ0) is 18.7. The van der Waals surface area contributed by atoms with Gasteiger partial charge in [0.15, 0.2) is 0 Å². The molecule has 0 fully saturated rings. The van der Waals surface area contributed by atoms with Gasteiger partial charge in [0.1, 0.15) is 0 Å². The van der Waals surface area contributed by atoms with Crippen molar-refractivity contribution < 1.29 is 4.74 Å². The molecule has 3 N–H and O–H groups in total. The Labute approximate surface area is 166 Å². The summed E-state index contributed by atoms with van der Waals surface area (Å²) in [4.78, 5) is 4.82. The number of aromatic nitrogens is 3. The Hall–Kier alpha value is -2.24. The van der Waals surface area contributed by atoms with E-state index in [9.17, 15) is 0 Å². The van der Waals surface area contributed by atoms with Crippen molar-refractivity contribution in [3.63, 3.8) is 0 Å². The Bertz CT molecular complexity index is 1080. The van der Waals surface area contributed by atoms with Crippen LogP contribution in [0.1, 0.15) is 52.4 Å². The van der Waals surface area contributed by atoms with Crippen LogP contribution in [0.5, 0.6) is 11.8 Å². The van der Waals surface area contributed by atoms with Crippen LogP contribution in [0.2, 0.25) is 10.0 Å². The van der Waals surface area contributed by atoms with Gasteiger partial charge in [0.2, 0.25) is 11.8 Å². The van der Waals surface area contributed by atoms with Crippen molar-refractivity contribution in [2.75, 3.05) is 5.73 Å². The minimum Gasteiger partial charge on any atom is -0.418 e. The first kappa shape index (κ1) is 16.9. The van der Waals surface area contributed by atoms with Gasteiger partial charge in [-0.3, -0.25) is 5.10 Å². The van der Waals surface area contributed by atoms with Crippen LogP contribution in [0, 0.1) is 6.92 Å². The number of nitrogen functional groups attached to an aromatic ring is 1. The number of hydrogen-bond acceptors (Lipinski definition) is 4. The number of nitrogens with zero attached hydrogens (tertiary/aromatic N) is 2. The zero-order valence-electron chi connectivity index (χ0n) is 14.8. The largest absolute Gasteiger partial charge is 0.418 e. The summed E-state index contributed by atoms with van der Waals surface area (Å²) in [7, 11) is 0. The second-order valence-electron chi connectivity index (χ2n) is 7.12. The molecule has 5 nitrogen and oxygen atoms in total. The fraction of sp³-hybridized carbons (Fsp3) is 0.300. The summed E-state index contributed by atoms with van der Waals surface area (Å²) in [5, 5.41) is 8.36. The van der Waals surface area contributed by atoms with Crippen LogP contribution >= 0.6 is 23.2 Å². The lowest BCUT2D eigenvalue weighted by Gasteiger charge is -2.30. The second-order valence-corrected chi connectivity index (χ2v) is 7.91. The Morgan fingerprint density at radius 3 is 2.81 bits per heavy atom. The van der Waals surface area contributed by atoms with E-state index in [0.29, 0.717) is 21.8 Å². The molecule has 3 heterocycles. The Kier molecular flexibility index (Phi) is 3.85. The van der Waals surface area contributed by atoms with Crippen LogP contribution in [0.3, 0.4) is 0 Å². The highest BCUT2D eigenvalue weighted by Gasteiger charge is 2.38. The van der Waals surface area contributed by atoms with E-state index in [0.717, 1.165) is 65.0 Å². The lowest BCUT2D eigenvalue weighted by Crippen LogP contribution is -2.19. The highest BCUT2D eigenvalue weighted by molar-refractivity contribution is 6.42. The third kappa shape index (κ3) is 2.45. The van der Waals surface area contributed by atoms with Gasteiger partial charge in [-0.05, 0) is 49.8 Å². The van der Waals surface area contributed by atoms with Crippen LogP contribution in [-0.2, 0) is 12.8 Å². The molecule has 1 atom stereocenters. The standard InChI is InChI=1S/C20H18Cl2N4O/c1-9-14-15(11-6-4-7-12(21)17(11)22)16-18(23)10-5-2-3-8-13(10)24-19(16)27-20(14)26-25-9/h4,6-7,15H,2-3,5,8H2,1H3,(H2,23,24)(H,25,26). The molecule has 1 aliphatic carbocycles. The number of pyridine rings is 1. The Morgan fingerprint density at radius 1 is 1.15 bits per heavy atom. The first-order chi connectivity index (χ1) is 13.1. The van der Waals surface area contributed by atoms with Gasteiger partial charge in [-0.2, -0.15) is 0 Å². The SMILES string of the molecule is Cc1[nH]nc2c1C(c1cccc(Cl)c1Cl)c1c(nc3c(c1N)CCCC3)O2. The topological polar surface area (TPSA) is 76.8 Å². The average Bonchev–Trinajstić information content (AvgIpc) is 3.03. The number of benzene rings is 1. The van der Waals surface area contributed by atoms with Gasteiger partial charge in [-0.1, -0.05) is 35.3 Å². The first-order valence-electron chi connectivity index (χ1n) is 9.04. The average molecular weight is 401 g/mol. The molecule has 0 amide bonds. The van der Waals surface area contributed by atoms with Crippen molar-refractivity contribution in [3.8, 4) is 11.8 Å². The number of nitrogens with one attached hydrogen (secondary N) is 1. The molecule has 2 aliphatic rings. The minimum atomic E-state index is -0.228. The number of aromatic amines is 1. The van der Waals surface area contributed by atoms with Crippen molar-refractivity contribution in [1.82, 2.24) is 15.2 Å². The first-order valence-corrected chi connectivity index (χ1v) is 9.79. The lowest BCUT2D eigenvalue weighted by atomic mass is 9.81. The molecule has 5 rings (SSSR count). The van der Waals surface area contributed by atoms with Gasteiger partial charge in [-0.25, -0.2) is 4.98 Å². The third-order valence-electron chi connectivity index (χ3n) is 5.54. The molecule has 0 spiro atoms. The minimum absolute atomic E-state index is 0.228. The zero-order valence-corrected chi connectivity index (χ0v) is 16.3. The molecule has 0 radical (unpaired) electrons. The summed E-state index contributed by atoms with van der Waals surface area (Å²) in [5.41, 5.74) is 13.2. The molecule has 1 aliphatic heterocycles. The fourth-order valence-electron chi connectivity index (χ4n) is 4.24. The predicted octanol–water partition coefficient (Wildman–Crippen LogP) is 5.17. The normalized spacial score (nSPS) is 17.7. The molecule has 7 heteroatoms. The second kappa shape index (κ2) is 6.14. The van der Waals surface area contributed by atoms with Gasteiger partial charge >= 0.3 is 0 Å². The molecular formula is C20H18Cl2N4O. The van der Waals surface area contributed by atoms with Crippen LogP contribution in [-0.4, -0.2) is 15.2 Å². The predicted molar refractivity (Wildman–Crippen MR) is 106 cm³/mol. The third-order valence-corrected chi connectivity index (χ3v) is 6.38. The summed E-state index contributed by atoms with van der Waals surface area (Å²) in [6.07, 6.45) is 4.10. The number of nitrogens with two attached hydrogens (primary N) is 1. The molecular weight excluding hydrogens is 383 g/mol. The molecule has 138 valence electrons. The Morgan fingerprint density at radius 2 is 1.96 bits per heavy atom. The van der Waals surface area contributed by atoms with Crippen LogP contribution < -0.4 is 10.5 Å². The van der Waals surface area contributed by atoms with E-state index in [1.165, 1.54) is 0 Å². The van der Waals surface area contributed by atoms with Crippen LogP contribution in [0.15, 0.2) is 18.2 Å². The number of aryl methyl sites for hydroxylation is 2. The van der Waals surface area contributed by atoms with E-state index in [2.05, 4.69) is 10.2 Å². The highest BCUT2D eigenvalue weighted by Crippen LogP contribution is 2.52. The van der Waals surface area contributed by atoms with E-state index in [1.807, 2.05) is 19.1 Å². The number of H-pyrrole nitrogens is 1. The van der Waals surface area contributed by atoms with Crippen molar-refractivity contribution in [2.24, 2.45) is 0 Å². The molecule has 0 saturated carbocycles. The van der Waals surface area contributed by atoms with Gasteiger partial charge < -0.3 is 10.5 Å². The number of halogens is 2. The summed E-state index contributed by atoms with van der Waals surface area (Å²) < 4.78 is 6.06. The van der Waals surface area contributed by atoms with E-state index in [1.54, 1.807) is 6.07 Å². The molecule has 2 aromatic heterocycles. The monoisotopic (exact) mass is 400 g/mol. The van der Waals surface area contributed by atoms with E-state index in [4.69, 9.17) is 38.7 Å². The summed E-state index contributed by atoms with van der Waals surface area (Å²) in [6.45, 7) is 1.97. The van der Waals surface area contributed by atoms with Crippen molar-refractivity contribution in [1.29, 1.82) is 0 Å². The Balaban J connectivity index is 1.83. The summed E-state index contributed by atoms with van der Waals surface area (Å²) >= 11 is 12.9. The summed E-state index contributed by atoms with van der Waals surface area (Å²) in [5.74, 6) is 0.810. The van der Waals surface area contributed by atoms with Gasteiger partial charge in [-0.15, -0.1) is 5.10 Å².